The normalized spacial score (nSPS) is 16.8. The summed E-state index contributed by atoms with van der Waals surface area (Å²) in [4.78, 5) is 21.5. The molecule has 1 fully saturated rings. The highest BCUT2D eigenvalue weighted by molar-refractivity contribution is 7.13. The molecule has 1 aliphatic rings. The lowest BCUT2D eigenvalue weighted by atomic mass is 9.94. The smallest absolute Gasteiger partial charge is 0.362 e. The molecule has 21 heavy (non-hydrogen) atoms. The minimum atomic E-state index is -0.553. The molecule has 1 saturated carbocycles. The lowest BCUT2D eigenvalue weighted by molar-refractivity contribution is -0.135. The van der Waals surface area contributed by atoms with E-state index < -0.39 is 5.97 Å². The maximum absolute atomic E-state index is 12.0. The number of esters is 1. The summed E-state index contributed by atoms with van der Waals surface area (Å²) in [6, 6.07) is 0. The monoisotopic (exact) mass is 309 g/mol. The van der Waals surface area contributed by atoms with Crippen molar-refractivity contribution in [3.8, 4) is 0 Å². The van der Waals surface area contributed by atoms with E-state index in [4.69, 9.17) is 15.3 Å². The summed E-state index contributed by atoms with van der Waals surface area (Å²) >= 11 is 1.24. The predicted octanol–water partition coefficient (Wildman–Crippen LogP) is 2.51. The number of rotatable bonds is 5. The van der Waals surface area contributed by atoms with E-state index in [1.807, 2.05) is 0 Å². The Morgan fingerprint density at radius 2 is 2.29 bits per heavy atom. The van der Waals surface area contributed by atoms with E-state index in [9.17, 15) is 4.79 Å². The highest BCUT2D eigenvalue weighted by Crippen LogP contribution is 2.24. The Morgan fingerprint density at radius 3 is 2.86 bits per heavy atom. The van der Waals surface area contributed by atoms with Crippen LogP contribution in [-0.4, -0.2) is 29.4 Å². The third kappa shape index (κ3) is 4.29. The van der Waals surface area contributed by atoms with Crippen LogP contribution >= 0.6 is 11.3 Å². The quantitative estimate of drug-likeness (QED) is 0.391. The first-order chi connectivity index (χ1) is 10.1. The van der Waals surface area contributed by atoms with Crippen LogP contribution in [-0.2, 0) is 14.4 Å². The third-order valence-corrected chi connectivity index (χ3v) is 3.84. The van der Waals surface area contributed by atoms with Crippen molar-refractivity contribution < 1.29 is 14.4 Å². The van der Waals surface area contributed by atoms with Crippen LogP contribution in [0.25, 0.3) is 0 Å². The number of carbonyl (C=O) groups is 1. The van der Waals surface area contributed by atoms with Gasteiger partial charge in [-0.3, -0.25) is 0 Å². The van der Waals surface area contributed by atoms with Crippen molar-refractivity contribution in [2.75, 3.05) is 12.3 Å². The molecular weight excluding hydrogens is 290 g/mol. The molecule has 1 aliphatic carbocycles. The molecule has 2 rings (SSSR count). The highest BCUT2D eigenvalue weighted by Gasteiger charge is 2.22. The van der Waals surface area contributed by atoms with Crippen LogP contribution < -0.4 is 5.73 Å². The first-order valence-corrected chi connectivity index (χ1v) is 7.77. The van der Waals surface area contributed by atoms with Gasteiger partial charge in [-0.2, -0.15) is 0 Å². The molecule has 0 aromatic carbocycles. The number of thiazole rings is 1. The van der Waals surface area contributed by atoms with Gasteiger partial charge in [0.05, 0.1) is 6.61 Å². The number of nitrogens with zero attached hydrogens (tertiary/aromatic N) is 2. The Labute approximate surface area is 127 Å². The summed E-state index contributed by atoms with van der Waals surface area (Å²) in [7, 11) is 0. The SMILES string of the molecule is C=C1CCC(ON=C(C(=O)OCC)c2csc(N)n2)CC1. The summed E-state index contributed by atoms with van der Waals surface area (Å²) in [5.74, 6) is -0.553. The standard InChI is InChI=1S/C14H19N3O3S/c1-3-19-13(18)12(11-8-21-14(15)16-11)17-20-10-6-4-9(2)5-7-10/h8,10H,2-7H2,1H3,(H2,15,16). The van der Waals surface area contributed by atoms with E-state index >= 15 is 0 Å². The minimum Gasteiger partial charge on any atom is -0.461 e. The fourth-order valence-electron chi connectivity index (χ4n) is 2.02. The van der Waals surface area contributed by atoms with Crippen LogP contribution in [0.4, 0.5) is 5.13 Å². The molecular formula is C14H19N3O3S. The van der Waals surface area contributed by atoms with Crippen LogP contribution in [0.2, 0.25) is 0 Å². The maximum atomic E-state index is 12.0. The number of aromatic nitrogens is 1. The molecule has 1 aromatic rings. The first kappa shape index (κ1) is 15.5. The molecule has 0 amide bonds. The molecule has 0 unspecified atom stereocenters. The minimum absolute atomic E-state index is 0.00379. The van der Waals surface area contributed by atoms with Crippen LogP contribution in [0, 0.1) is 0 Å². The van der Waals surface area contributed by atoms with E-state index in [2.05, 4.69) is 16.7 Å². The second-order valence-electron chi connectivity index (χ2n) is 4.79. The highest BCUT2D eigenvalue weighted by atomic mass is 32.1. The number of oxime groups is 1. The zero-order valence-electron chi connectivity index (χ0n) is 12.0. The number of hydrogen-bond acceptors (Lipinski definition) is 7. The molecule has 6 nitrogen and oxygen atoms in total. The predicted molar refractivity (Wildman–Crippen MR) is 82.2 cm³/mol. The Hall–Kier alpha value is -1.89. The van der Waals surface area contributed by atoms with E-state index in [0.29, 0.717) is 10.8 Å². The van der Waals surface area contributed by atoms with Crippen LogP contribution in [0.3, 0.4) is 0 Å². The summed E-state index contributed by atoms with van der Waals surface area (Å²) in [5, 5.41) is 6.01. The molecule has 0 atom stereocenters. The Balaban J connectivity index is 2.09. The molecule has 0 saturated heterocycles. The van der Waals surface area contributed by atoms with Crippen molar-refractivity contribution in [3.05, 3.63) is 23.2 Å². The van der Waals surface area contributed by atoms with Gasteiger partial charge in [0, 0.05) is 5.38 Å². The maximum Gasteiger partial charge on any atom is 0.362 e. The van der Waals surface area contributed by atoms with Crippen LogP contribution in [0.1, 0.15) is 38.3 Å². The average Bonchev–Trinajstić information content (AvgIpc) is 2.88. The average molecular weight is 309 g/mol. The van der Waals surface area contributed by atoms with E-state index in [-0.39, 0.29) is 18.4 Å². The van der Waals surface area contributed by atoms with Crippen molar-refractivity contribution in [3.63, 3.8) is 0 Å². The first-order valence-electron chi connectivity index (χ1n) is 6.89. The fraction of sp³-hybridized carbons (Fsp3) is 0.500. The fourth-order valence-corrected chi connectivity index (χ4v) is 2.56. The van der Waals surface area contributed by atoms with Gasteiger partial charge < -0.3 is 15.3 Å². The number of ether oxygens (including phenoxy) is 1. The van der Waals surface area contributed by atoms with Gasteiger partial charge in [-0.25, -0.2) is 9.78 Å². The summed E-state index contributed by atoms with van der Waals surface area (Å²) < 4.78 is 4.98. The topological polar surface area (TPSA) is 86.8 Å². The number of nitrogen functional groups attached to an aromatic ring is 1. The third-order valence-electron chi connectivity index (χ3n) is 3.17. The van der Waals surface area contributed by atoms with Crippen LogP contribution in [0.15, 0.2) is 22.7 Å². The molecule has 114 valence electrons. The number of allylic oxidation sites excluding steroid dienone is 1. The molecule has 0 spiro atoms. The number of carbonyl (C=O) groups excluding carboxylic acids is 1. The van der Waals surface area contributed by atoms with Gasteiger partial charge in [0.25, 0.3) is 0 Å². The van der Waals surface area contributed by atoms with Crippen molar-refractivity contribution in [1.29, 1.82) is 0 Å². The van der Waals surface area contributed by atoms with Crippen molar-refractivity contribution >= 4 is 28.1 Å². The van der Waals surface area contributed by atoms with Gasteiger partial charge in [0.1, 0.15) is 11.8 Å². The summed E-state index contributed by atoms with van der Waals surface area (Å²) in [6.07, 6.45) is 3.57. The molecule has 0 aliphatic heterocycles. The molecule has 1 heterocycles. The van der Waals surface area contributed by atoms with E-state index in [0.717, 1.165) is 25.7 Å². The lowest BCUT2D eigenvalue weighted by Gasteiger charge is -2.21. The van der Waals surface area contributed by atoms with Crippen LogP contribution in [0.5, 0.6) is 0 Å². The second-order valence-corrected chi connectivity index (χ2v) is 5.68. The van der Waals surface area contributed by atoms with Gasteiger partial charge in [-0.05, 0) is 32.6 Å². The van der Waals surface area contributed by atoms with Gasteiger partial charge in [-0.1, -0.05) is 17.3 Å². The summed E-state index contributed by atoms with van der Waals surface area (Å²) in [5.41, 5.74) is 7.28. The number of anilines is 1. The van der Waals surface area contributed by atoms with Crippen molar-refractivity contribution in [2.24, 2.45) is 5.16 Å². The number of hydrogen-bond donors (Lipinski definition) is 1. The largest absolute Gasteiger partial charge is 0.461 e. The molecule has 2 N–H and O–H groups in total. The second kappa shape index (κ2) is 7.21. The molecule has 0 radical (unpaired) electrons. The van der Waals surface area contributed by atoms with Crippen molar-refractivity contribution in [2.45, 2.75) is 38.7 Å². The zero-order valence-corrected chi connectivity index (χ0v) is 12.8. The molecule has 0 bridgehead atoms. The van der Waals surface area contributed by atoms with Gasteiger partial charge in [-0.15, -0.1) is 11.3 Å². The Kier molecular flexibility index (Phi) is 5.32. The van der Waals surface area contributed by atoms with Gasteiger partial charge >= 0.3 is 5.97 Å². The van der Waals surface area contributed by atoms with Gasteiger partial charge in [0.15, 0.2) is 5.13 Å². The Bertz CT molecular complexity index is 543. The van der Waals surface area contributed by atoms with Gasteiger partial charge in [0.2, 0.25) is 5.71 Å². The summed E-state index contributed by atoms with van der Waals surface area (Å²) in [6.45, 7) is 5.96. The lowest BCUT2D eigenvalue weighted by Crippen LogP contribution is -2.22. The number of nitrogens with two attached hydrogens (primary N) is 1. The Morgan fingerprint density at radius 1 is 1.57 bits per heavy atom. The zero-order chi connectivity index (χ0) is 15.2. The molecule has 1 aromatic heterocycles. The van der Waals surface area contributed by atoms with Crippen molar-refractivity contribution in [1.82, 2.24) is 4.98 Å². The van der Waals surface area contributed by atoms with E-state index in [1.165, 1.54) is 16.9 Å². The van der Waals surface area contributed by atoms with E-state index in [1.54, 1.807) is 12.3 Å². The molecule has 7 heteroatoms.